The minimum atomic E-state index is 0.0360. The van der Waals surface area contributed by atoms with Crippen LogP contribution in [-0.4, -0.2) is 45.5 Å². The van der Waals surface area contributed by atoms with Crippen LogP contribution in [0, 0.1) is 0 Å². The largest absolute Gasteiger partial charge is 0.497 e. The van der Waals surface area contributed by atoms with Gasteiger partial charge in [0.25, 0.3) is 0 Å². The van der Waals surface area contributed by atoms with Crippen LogP contribution in [0.2, 0.25) is 0 Å². The van der Waals surface area contributed by atoms with Crippen LogP contribution in [0.4, 0.5) is 0 Å². The average molecular weight is 455 g/mol. The Morgan fingerprint density at radius 1 is 1.23 bits per heavy atom. The molecule has 0 aliphatic carbocycles. The van der Waals surface area contributed by atoms with Gasteiger partial charge in [0, 0.05) is 17.5 Å². The number of benzene rings is 1. The molecule has 160 valence electrons. The van der Waals surface area contributed by atoms with Gasteiger partial charge in [0.1, 0.15) is 11.5 Å². The van der Waals surface area contributed by atoms with E-state index in [1.165, 1.54) is 11.8 Å². The summed E-state index contributed by atoms with van der Waals surface area (Å²) in [6, 6.07) is 15.4. The van der Waals surface area contributed by atoms with E-state index in [9.17, 15) is 4.79 Å². The van der Waals surface area contributed by atoms with Crippen molar-refractivity contribution < 1.29 is 13.9 Å². The standard InChI is InChI=1S/C22H22N4O3S2/c1-25(14-19-9-5-11-30-19)20(27)15-31-22-24-23-21(16-6-3-7-17(12-16)28-2)26(22)13-18-8-4-10-29-18/h3-12H,13-15H2,1-2H3. The van der Waals surface area contributed by atoms with E-state index in [1.54, 1.807) is 29.6 Å². The molecule has 31 heavy (non-hydrogen) atoms. The molecule has 1 amide bonds. The van der Waals surface area contributed by atoms with E-state index in [0.717, 1.165) is 22.0 Å². The first-order chi connectivity index (χ1) is 15.1. The lowest BCUT2D eigenvalue weighted by Crippen LogP contribution is -2.27. The van der Waals surface area contributed by atoms with Gasteiger partial charge in [-0.3, -0.25) is 9.36 Å². The number of ether oxygens (including phenoxy) is 1. The summed E-state index contributed by atoms with van der Waals surface area (Å²) in [6.45, 7) is 1.07. The first kappa shape index (κ1) is 21.2. The summed E-state index contributed by atoms with van der Waals surface area (Å²) in [5.41, 5.74) is 0.881. The molecule has 3 heterocycles. The first-order valence-electron chi connectivity index (χ1n) is 9.63. The lowest BCUT2D eigenvalue weighted by molar-refractivity contribution is -0.127. The quantitative estimate of drug-likeness (QED) is 0.349. The Bertz CT molecular complexity index is 1120. The average Bonchev–Trinajstić information content (AvgIpc) is 3.55. The fourth-order valence-electron chi connectivity index (χ4n) is 3.03. The number of thioether (sulfide) groups is 1. The summed E-state index contributed by atoms with van der Waals surface area (Å²) in [7, 11) is 3.45. The number of carbonyl (C=O) groups excluding carboxylic acids is 1. The number of hydrogen-bond donors (Lipinski definition) is 0. The number of rotatable bonds is 9. The molecule has 0 spiro atoms. The third-order valence-corrected chi connectivity index (χ3v) is 6.48. The maximum absolute atomic E-state index is 12.6. The van der Waals surface area contributed by atoms with Gasteiger partial charge in [-0.2, -0.15) is 0 Å². The normalized spacial score (nSPS) is 10.9. The van der Waals surface area contributed by atoms with Crippen molar-refractivity contribution in [3.8, 4) is 17.1 Å². The maximum atomic E-state index is 12.6. The summed E-state index contributed by atoms with van der Waals surface area (Å²) in [6.07, 6.45) is 1.64. The highest BCUT2D eigenvalue weighted by Gasteiger charge is 2.18. The van der Waals surface area contributed by atoms with Crippen molar-refractivity contribution in [1.82, 2.24) is 19.7 Å². The van der Waals surface area contributed by atoms with Crippen LogP contribution in [-0.2, 0) is 17.9 Å². The molecule has 1 aromatic carbocycles. The molecule has 0 aliphatic heterocycles. The molecule has 0 unspecified atom stereocenters. The van der Waals surface area contributed by atoms with E-state index in [2.05, 4.69) is 10.2 Å². The van der Waals surface area contributed by atoms with E-state index in [-0.39, 0.29) is 11.7 Å². The minimum absolute atomic E-state index is 0.0360. The van der Waals surface area contributed by atoms with E-state index >= 15 is 0 Å². The van der Waals surface area contributed by atoms with Crippen LogP contribution < -0.4 is 4.74 Å². The highest BCUT2D eigenvalue weighted by Crippen LogP contribution is 2.28. The molecule has 0 atom stereocenters. The second-order valence-electron chi connectivity index (χ2n) is 6.82. The van der Waals surface area contributed by atoms with Gasteiger partial charge in [-0.15, -0.1) is 21.5 Å². The number of thiophene rings is 1. The van der Waals surface area contributed by atoms with Crippen molar-refractivity contribution in [3.05, 3.63) is 70.8 Å². The molecule has 0 bridgehead atoms. The molecular formula is C22H22N4O3S2. The van der Waals surface area contributed by atoms with Gasteiger partial charge in [-0.05, 0) is 35.7 Å². The van der Waals surface area contributed by atoms with E-state index in [0.29, 0.717) is 24.1 Å². The van der Waals surface area contributed by atoms with Crippen LogP contribution in [0.15, 0.2) is 69.7 Å². The Morgan fingerprint density at radius 3 is 2.87 bits per heavy atom. The molecule has 0 aliphatic rings. The number of carbonyl (C=O) groups is 1. The Balaban J connectivity index is 1.53. The highest BCUT2D eigenvalue weighted by molar-refractivity contribution is 7.99. The Kier molecular flexibility index (Phi) is 6.73. The van der Waals surface area contributed by atoms with Crippen LogP contribution in [0.3, 0.4) is 0 Å². The number of amides is 1. The summed E-state index contributed by atoms with van der Waals surface area (Å²) >= 11 is 3.02. The second-order valence-corrected chi connectivity index (χ2v) is 8.80. The zero-order valence-corrected chi connectivity index (χ0v) is 18.9. The first-order valence-corrected chi connectivity index (χ1v) is 11.5. The van der Waals surface area contributed by atoms with E-state index in [1.807, 2.05) is 65.5 Å². The van der Waals surface area contributed by atoms with Gasteiger partial charge < -0.3 is 14.1 Å². The zero-order chi connectivity index (χ0) is 21.6. The Hall–Kier alpha value is -3.04. The van der Waals surface area contributed by atoms with Crippen molar-refractivity contribution in [3.63, 3.8) is 0 Å². The monoisotopic (exact) mass is 454 g/mol. The molecule has 0 saturated heterocycles. The highest BCUT2D eigenvalue weighted by atomic mass is 32.2. The van der Waals surface area contributed by atoms with Crippen molar-refractivity contribution in [2.45, 2.75) is 18.2 Å². The van der Waals surface area contributed by atoms with Crippen molar-refractivity contribution in [2.75, 3.05) is 19.9 Å². The predicted octanol–water partition coefficient (Wildman–Crippen LogP) is 4.41. The van der Waals surface area contributed by atoms with Crippen molar-refractivity contribution in [1.29, 1.82) is 0 Å². The fourth-order valence-corrected chi connectivity index (χ4v) is 4.67. The number of methoxy groups -OCH3 is 1. The van der Waals surface area contributed by atoms with Gasteiger partial charge in [0.15, 0.2) is 11.0 Å². The molecule has 7 nitrogen and oxygen atoms in total. The predicted molar refractivity (Wildman–Crippen MR) is 121 cm³/mol. The summed E-state index contributed by atoms with van der Waals surface area (Å²) in [4.78, 5) is 15.5. The summed E-state index contributed by atoms with van der Waals surface area (Å²) in [5.74, 6) is 2.53. The lowest BCUT2D eigenvalue weighted by atomic mass is 10.2. The molecule has 0 saturated carbocycles. The molecule has 3 aromatic heterocycles. The molecule has 0 N–H and O–H groups in total. The zero-order valence-electron chi connectivity index (χ0n) is 17.2. The maximum Gasteiger partial charge on any atom is 0.233 e. The van der Waals surface area contributed by atoms with Crippen molar-refractivity contribution >= 4 is 29.0 Å². The van der Waals surface area contributed by atoms with Gasteiger partial charge in [0.05, 0.1) is 32.2 Å². The van der Waals surface area contributed by atoms with Gasteiger partial charge >= 0.3 is 0 Å². The Labute approximate surface area is 188 Å². The lowest BCUT2D eigenvalue weighted by Gasteiger charge is -2.16. The number of aromatic nitrogens is 3. The minimum Gasteiger partial charge on any atom is -0.497 e. The van der Waals surface area contributed by atoms with Crippen LogP contribution in [0.5, 0.6) is 5.75 Å². The van der Waals surface area contributed by atoms with Crippen LogP contribution >= 0.6 is 23.1 Å². The van der Waals surface area contributed by atoms with Crippen LogP contribution in [0.1, 0.15) is 10.6 Å². The van der Waals surface area contributed by atoms with Gasteiger partial charge in [-0.1, -0.05) is 30.0 Å². The van der Waals surface area contributed by atoms with E-state index in [4.69, 9.17) is 9.15 Å². The summed E-state index contributed by atoms with van der Waals surface area (Å²) < 4.78 is 12.8. The van der Waals surface area contributed by atoms with Crippen LogP contribution in [0.25, 0.3) is 11.4 Å². The molecule has 9 heteroatoms. The molecule has 4 aromatic rings. The molecule has 0 radical (unpaired) electrons. The van der Waals surface area contributed by atoms with Crippen molar-refractivity contribution in [2.24, 2.45) is 0 Å². The molecule has 4 rings (SSSR count). The fraction of sp³-hybridized carbons (Fsp3) is 0.227. The molecular weight excluding hydrogens is 432 g/mol. The SMILES string of the molecule is COc1cccc(-c2nnc(SCC(=O)N(C)Cc3cccs3)n2Cc2ccco2)c1. The number of hydrogen-bond acceptors (Lipinski definition) is 7. The third-order valence-electron chi connectivity index (χ3n) is 4.66. The number of nitrogens with zero attached hydrogens (tertiary/aromatic N) is 4. The number of furan rings is 1. The summed E-state index contributed by atoms with van der Waals surface area (Å²) in [5, 5.41) is 11.4. The topological polar surface area (TPSA) is 73.4 Å². The third kappa shape index (κ3) is 5.18. The Morgan fingerprint density at radius 2 is 2.13 bits per heavy atom. The smallest absolute Gasteiger partial charge is 0.233 e. The van der Waals surface area contributed by atoms with E-state index < -0.39 is 0 Å². The molecule has 0 fully saturated rings. The van der Waals surface area contributed by atoms with Gasteiger partial charge in [-0.25, -0.2) is 0 Å². The second kappa shape index (κ2) is 9.84. The van der Waals surface area contributed by atoms with Gasteiger partial charge in [0.2, 0.25) is 5.91 Å².